The number of aromatic nitrogens is 1. The molecule has 100 valence electrons. The number of carboxylic acid groups (broad SMARTS) is 1. The van der Waals surface area contributed by atoms with E-state index in [1.54, 1.807) is 17.8 Å². The first-order chi connectivity index (χ1) is 9.11. The summed E-state index contributed by atoms with van der Waals surface area (Å²) in [7, 11) is 0. The molecule has 1 N–H and O–H groups in total. The number of hydrogen-bond donors (Lipinski definition) is 1. The lowest BCUT2D eigenvalue weighted by Crippen LogP contribution is -2.02. The summed E-state index contributed by atoms with van der Waals surface area (Å²) in [6.07, 6.45) is 1.13. The fourth-order valence-electron chi connectivity index (χ4n) is 1.72. The number of para-hydroxylation sites is 1. The van der Waals surface area contributed by atoms with E-state index in [2.05, 4.69) is 18.8 Å². The van der Waals surface area contributed by atoms with Crippen LogP contribution in [0.2, 0.25) is 0 Å². The van der Waals surface area contributed by atoms with E-state index in [1.807, 2.05) is 24.3 Å². The largest absolute Gasteiger partial charge is 0.477 e. The van der Waals surface area contributed by atoms with Gasteiger partial charge in [0.2, 0.25) is 0 Å². The maximum atomic E-state index is 11.1. The van der Waals surface area contributed by atoms with E-state index in [-0.39, 0.29) is 5.69 Å². The fourth-order valence-corrected chi connectivity index (χ4v) is 2.95. The number of aromatic carboxylic acids is 1. The van der Waals surface area contributed by atoms with Gasteiger partial charge in [-0.1, -0.05) is 38.5 Å². The van der Waals surface area contributed by atoms with Crippen molar-refractivity contribution in [1.29, 1.82) is 0 Å². The maximum Gasteiger partial charge on any atom is 0.354 e. The Morgan fingerprint density at radius 1 is 1.42 bits per heavy atom. The van der Waals surface area contributed by atoms with Gasteiger partial charge in [0.1, 0.15) is 5.69 Å². The summed E-state index contributed by atoms with van der Waals surface area (Å²) >= 11 is 1.71. The summed E-state index contributed by atoms with van der Waals surface area (Å²) in [6.45, 7) is 4.37. The Kier molecular flexibility index (Phi) is 4.43. The molecule has 0 radical (unpaired) electrons. The van der Waals surface area contributed by atoms with Crippen LogP contribution in [0.3, 0.4) is 0 Å². The van der Waals surface area contributed by atoms with Crippen molar-refractivity contribution in [2.75, 3.05) is 5.75 Å². The molecule has 1 heterocycles. The fraction of sp³-hybridized carbons (Fsp3) is 0.333. The van der Waals surface area contributed by atoms with Crippen LogP contribution in [-0.2, 0) is 0 Å². The summed E-state index contributed by atoms with van der Waals surface area (Å²) < 4.78 is 0. The van der Waals surface area contributed by atoms with Gasteiger partial charge in [0, 0.05) is 16.0 Å². The monoisotopic (exact) mass is 275 g/mol. The lowest BCUT2D eigenvalue weighted by molar-refractivity contribution is 0.0690. The first kappa shape index (κ1) is 13.9. The number of carboxylic acids is 1. The van der Waals surface area contributed by atoms with Crippen molar-refractivity contribution in [2.45, 2.75) is 25.2 Å². The number of pyridine rings is 1. The topological polar surface area (TPSA) is 50.2 Å². The van der Waals surface area contributed by atoms with Gasteiger partial charge in [0.05, 0.1) is 5.52 Å². The third kappa shape index (κ3) is 3.26. The highest BCUT2D eigenvalue weighted by Gasteiger charge is 2.11. The Balaban J connectivity index is 2.41. The maximum absolute atomic E-state index is 11.1. The van der Waals surface area contributed by atoms with Crippen molar-refractivity contribution in [1.82, 2.24) is 4.98 Å². The first-order valence-corrected chi connectivity index (χ1v) is 7.36. The number of hydrogen-bond acceptors (Lipinski definition) is 3. The summed E-state index contributed by atoms with van der Waals surface area (Å²) in [5.74, 6) is 0.630. The molecule has 2 aromatic rings. The van der Waals surface area contributed by atoms with Crippen LogP contribution in [0.1, 0.15) is 30.8 Å². The molecule has 0 aliphatic carbocycles. The lowest BCUT2D eigenvalue weighted by atomic mass is 10.2. The molecule has 0 aliphatic heterocycles. The van der Waals surface area contributed by atoms with Gasteiger partial charge >= 0.3 is 5.97 Å². The van der Waals surface area contributed by atoms with Crippen LogP contribution in [0.4, 0.5) is 0 Å². The summed E-state index contributed by atoms with van der Waals surface area (Å²) in [6, 6.07) is 9.36. The highest BCUT2D eigenvalue weighted by molar-refractivity contribution is 7.99. The second kappa shape index (κ2) is 6.06. The number of fused-ring (bicyclic) bond motifs is 1. The highest BCUT2D eigenvalue weighted by Crippen LogP contribution is 2.29. The highest BCUT2D eigenvalue weighted by atomic mass is 32.2. The van der Waals surface area contributed by atoms with Crippen LogP contribution in [-0.4, -0.2) is 21.8 Å². The molecule has 4 heteroatoms. The smallest absolute Gasteiger partial charge is 0.354 e. The molecule has 1 unspecified atom stereocenters. The van der Waals surface area contributed by atoms with Crippen LogP contribution in [0.15, 0.2) is 35.2 Å². The van der Waals surface area contributed by atoms with Crippen molar-refractivity contribution in [3.63, 3.8) is 0 Å². The van der Waals surface area contributed by atoms with Crippen LogP contribution < -0.4 is 0 Å². The number of thioether (sulfide) groups is 1. The van der Waals surface area contributed by atoms with Crippen molar-refractivity contribution in [3.05, 3.63) is 36.0 Å². The normalized spacial score (nSPS) is 12.5. The number of benzene rings is 1. The van der Waals surface area contributed by atoms with E-state index < -0.39 is 5.97 Å². The van der Waals surface area contributed by atoms with E-state index >= 15 is 0 Å². The Morgan fingerprint density at radius 3 is 2.84 bits per heavy atom. The van der Waals surface area contributed by atoms with Gasteiger partial charge in [-0.2, -0.15) is 0 Å². The van der Waals surface area contributed by atoms with Crippen LogP contribution in [0.5, 0.6) is 0 Å². The van der Waals surface area contributed by atoms with Gasteiger partial charge in [-0.05, 0) is 18.1 Å². The molecule has 0 saturated carbocycles. The third-order valence-electron chi connectivity index (χ3n) is 3.12. The third-order valence-corrected chi connectivity index (χ3v) is 4.50. The quantitative estimate of drug-likeness (QED) is 0.836. The average Bonchev–Trinajstić information content (AvgIpc) is 2.43. The van der Waals surface area contributed by atoms with Gasteiger partial charge in [-0.25, -0.2) is 9.78 Å². The molecule has 0 bridgehead atoms. The molecule has 3 nitrogen and oxygen atoms in total. The molecule has 1 aromatic carbocycles. The minimum atomic E-state index is -0.976. The van der Waals surface area contributed by atoms with Gasteiger partial charge in [0.15, 0.2) is 0 Å². The van der Waals surface area contributed by atoms with E-state index in [4.69, 9.17) is 5.11 Å². The zero-order chi connectivity index (χ0) is 13.8. The summed E-state index contributed by atoms with van der Waals surface area (Å²) in [4.78, 5) is 16.3. The van der Waals surface area contributed by atoms with Crippen molar-refractivity contribution in [2.24, 2.45) is 5.92 Å². The molecule has 0 aliphatic rings. The average molecular weight is 275 g/mol. The van der Waals surface area contributed by atoms with Crippen molar-refractivity contribution >= 4 is 28.6 Å². The Labute approximate surface area is 117 Å². The molecule has 0 amide bonds. The second-order valence-corrected chi connectivity index (χ2v) is 5.71. The molecular weight excluding hydrogens is 258 g/mol. The number of rotatable bonds is 5. The second-order valence-electron chi connectivity index (χ2n) is 4.65. The van der Waals surface area contributed by atoms with Crippen LogP contribution in [0, 0.1) is 5.92 Å². The van der Waals surface area contributed by atoms with E-state index in [0.717, 1.165) is 28.0 Å². The lowest BCUT2D eigenvalue weighted by Gasteiger charge is -2.10. The van der Waals surface area contributed by atoms with Crippen molar-refractivity contribution < 1.29 is 9.90 Å². The van der Waals surface area contributed by atoms with Crippen LogP contribution in [0.25, 0.3) is 10.9 Å². The van der Waals surface area contributed by atoms with Gasteiger partial charge in [-0.3, -0.25) is 0 Å². The predicted octanol–water partition coefficient (Wildman–Crippen LogP) is 4.07. The van der Waals surface area contributed by atoms with Crippen LogP contribution >= 0.6 is 11.8 Å². The summed E-state index contributed by atoms with van der Waals surface area (Å²) in [5.41, 5.74) is 0.861. The summed E-state index contributed by atoms with van der Waals surface area (Å²) in [5, 5.41) is 10.1. The van der Waals surface area contributed by atoms with Gasteiger partial charge in [-0.15, -0.1) is 11.8 Å². The molecule has 19 heavy (non-hydrogen) atoms. The first-order valence-electron chi connectivity index (χ1n) is 6.37. The Hall–Kier alpha value is -1.55. The van der Waals surface area contributed by atoms with Gasteiger partial charge < -0.3 is 5.11 Å². The minimum Gasteiger partial charge on any atom is -0.477 e. The molecule has 1 aromatic heterocycles. The minimum absolute atomic E-state index is 0.116. The zero-order valence-electron chi connectivity index (χ0n) is 11.1. The molecule has 0 saturated heterocycles. The zero-order valence-corrected chi connectivity index (χ0v) is 11.9. The standard InChI is InChI=1S/C15H17NO2S/c1-3-10(2)9-19-14-8-13(15(17)18)16-12-7-5-4-6-11(12)14/h4-8,10H,3,9H2,1-2H3,(H,17,18). The molecule has 1 atom stereocenters. The molecule has 2 rings (SSSR count). The van der Waals surface area contributed by atoms with E-state index in [1.165, 1.54) is 0 Å². The van der Waals surface area contributed by atoms with Gasteiger partial charge in [0.25, 0.3) is 0 Å². The van der Waals surface area contributed by atoms with Crippen molar-refractivity contribution in [3.8, 4) is 0 Å². The molecule has 0 fully saturated rings. The number of nitrogens with zero attached hydrogens (tertiary/aromatic N) is 1. The molecular formula is C15H17NO2S. The Morgan fingerprint density at radius 2 is 2.16 bits per heavy atom. The Bertz CT molecular complexity index is 598. The predicted molar refractivity (Wildman–Crippen MR) is 78.9 cm³/mol. The van der Waals surface area contributed by atoms with E-state index in [9.17, 15) is 4.79 Å². The molecule has 0 spiro atoms. The SMILES string of the molecule is CCC(C)CSc1cc(C(=O)O)nc2ccccc12. The van der Waals surface area contributed by atoms with E-state index in [0.29, 0.717) is 5.92 Å². The number of carbonyl (C=O) groups is 1.